The van der Waals surface area contributed by atoms with Gasteiger partial charge >= 0.3 is 0 Å². The lowest BCUT2D eigenvalue weighted by Gasteiger charge is -2.17. The maximum atomic E-state index is 5.89. The first kappa shape index (κ1) is 11.9. The SMILES string of the molecule is CCC(CC1CC1)Nc1nc(Cl)nnc1Cl. The average Bonchev–Trinajstić information content (AvgIpc) is 3.06. The monoisotopic (exact) mass is 260 g/mol. The van der Waals surface area contributed by atoms with Crippen LogP contribution in [0.15, 0.2) is 0 Å². The zero-order valence-electron chi connectivity index (χ0n) is 9.08. The highest BCUT2D eigenvalue weighted by Crippen LogP contribution is 2.35. The van der Waals surface area contributed by atoms with Crippen LogP contribution in [0.3, 0.4) is 0 Å². The van der Waals surface area contributed by atoms with Crippen molar-refractivity contribution in [1.82, 2.24) is 15.2 Å². The third-order valence-corrected chi connectivity index (χ3v) is 3.18. The molecule has 1 fully saturated rings. The highest BCUT2D eigenvalue weighted by atomic mass is 35.5. The Hall–Kier alpha value is -0.610. The molecule has 1 aromatic rings. The minimum atomic E-state index is 0.119. The number of hydrogen-bond acceptors (Lipinski definition) is 4. The Morgan fingerprint density at radius 3 is 2.75 bits per heavy atom. The molecule has 1 aliphatic carbocycles. The maximum absolute atomic E-state index is 5.89. The van der Waals surface area contributed by atoms with Crippen molar-refractivity contribution in [1.29, 1.82) is 0 Å². The summed E-state index contributed by atoms with van der Waals surface area (Å²) in [7, 11) is 0. The normalized spacial score (nSPS) is 17.2. The Morgan fingerprint density at radius 1 is 1.38 bits per heavy atom. The van der Waals surface area contributed by atoms with Crippen LogP contribution in [0.4, 0.5) is 5.82 Å². The van der Waals surface area contributed by atoms with Gasteiger partial charge in [-0.05, 0) is 30.4 Å². The Kier molecular flexibility index (Phi) is 3.82. The molecular weight excluding hydrogens is 247 g/mol. The summed E-state index contributed by atoms with van der Waals surface area (Å²) in [5, 5.41) is 11.0. The first-order valence-electron chi connectivity index (χ1n) is 5.51. The number of nitrogens with zero attached hydrogens (tertiary/aromatic N) is 3. The Morgan fingerprint density at radius 2 is 2.12 bits per heavy atom. The van der Waals surface area contributed by atoms with Gasteiger partial charge < -0.3 is 5.32 Å². The molecule has 1 heterocycles. The first-order chi connectivity index (χ1) is 7.69. The number of halogens is 2. The smallest absolute Gasteiger partial charge is 0.245 e. The summed E-state index contributed by atoms with van der Waals surface area (Å²) in [5.74, 6) is 1.40. The summed E-state index contributed by atoms with van der Waals surface area (Å²) < 4.78 is 0. The molecule has 0 radical (unpaired) electrons. The molecule has 6 heteroatoms. The highest BCUT2D eigenvalue weighted by molar-refractivity contribution is 6.32. The average molecular weight is 261 g/mol. The summed E-state index contributed by atoms with van der Waals surface area (Å²) in [6.07, 6.45) is 4.88. The zero-order valence-corrected chi connectivity index (χ0v) is 10.6. The molecule has 1 atom stereocenters. The van der Waals surface area contributed by atoms with E-state index in [0.717, 1.165) is 18.8 Å². The van der Waals surface area contributed by atoms with Crippen molar-refractivity contribution in [2.45, 2.75) is 38.6 Å². The van der Waals surface area contributed by atoms with Gasteiger partial charge in [0, 0.05) is 6.04 Å². The maximum Gasteiger partial charge on any atom is 0.245 e. The van der Waals surface area contributed by atoms with Crippen molar-refractivity contribution >= 4 is 29.0 Å². The second kappa shape index (κ2) is 5.15. The fourth-order valence-corrected chi connectivity index (χ4v) is 1.92. The van der Waals surface area contributed by atoms with E-state index in [2.05, 4.69) is 27.4 Å². The molecule has 0 saturated heterocycles. The molecule has 0 spiro atoms. The molecule has 16 heavy (non-hydrogen) atoms. The predicted octanol–water partition coefficient (Wildman–Crippen LogP) is 3.17. The van der Waals surface area contributed by atoms with Gasteiger partial charge in [-0.1, -0.05) is 31.4 Å². The van der Waals surface area contributed by atoms with Gasteiger partial charge in [-0.2, -0.15) is 4.98 Å². The van der Waals surface area contributed by atoms with Crippen LogP contribution in [0.1, 0.15) is 32.6 Å². The minimum Gasteiger partial charge on any atom is -0.365 e. The highest BCUT2D eigenvalue weighted by Gasteiger charge is 2.25. The van der Waals surface area contributed by atoms with Gasteiger partial charge in [0.2, 0.25) is 5.28 Å². The van der Waals surface area contributed by atoms with Crippen LogP contribution in [-0.4, -0.2) is 21.2 Å². The lowest BCUT2D eigenvalue weighted by Crippen LogP contribution is -2.20. The molecule has 1 unspecified atom stereocenters. The fourth-order valence-electron chi connectivity index (χ4n) is 1.66. The van der Waals surface area contributed by atoms with E-state index in [-0.39, 0.29) is 10.4 Å². The van der Waals surface area contributed by atoms with Crippen LogP contribution in [0.2, 0.25) is 10.4 Å². The van der Waals surface area contributed by atoms with Gasteiger partial charge in [-0.3, -0.25) is 0 Å². The second-order valence-corrected chi connectivity index (χ2v) is 4.84. The molecule has 0 aromatic carbocycles. The molecule has 1 aliphatic rings. The number of anilines is 1. The summed E-state index contributed by atoms with van der Waals surface area (Å²) in [4.78, 5) is 4.04. The zero-order chi connectivity index (χ0) is 11.5. The molecular formula is C10H14Cl2N4. The second-order valence-electron chi connectivity index (χ2n) is 4.15. The van der Waals surface area contributed by atoms with E-state index in [4.69, 9.17) is 23.2 Å². The lowest BCUT2D eigenvalue weighted by atomic mass is 10.1. The standard InChI is InChI=1S/C10H14Cl2N4/c1-2-7(5-6-3-4-6)13-9-8(11)15-16-10(12)14-9/h6-7H,2-5H2,1H3,(H,13,14,16). The Balaban J connectivity index is 2.01. The van der Waals surface area contributed by atoms with Crippen molar-refractivity contribution in [3.8, 4) is 0 Å². The third-order valence-electron chi connectivity index (χ3n) is 2.77. The molecule has 0 bridgehead atoms. The molecule has 1 aromatic heterocycles. The molecule has 0 aliphatic heterocycles. The topological polar surface area (TPSA) is 50.7 Å². The van der Waals surface area contributed by atoms with E-state index < -0.39 is 0 Å². The van der Waals surface area contributed by atoms with Crippen molar-refractivity contribution in [2.24, 2.45) is 5.92 Å². The van der Waals surface area contributed by atoms with Crippen molar-refractivity contribution in [3.05, 3.63) is 10.4 Å². The van der Waals surface area contributed by atoms with Crippen LogP contribution in [0.5, 0.6) is 0 Å². The Labute approximate surface area is 105 Å². The Bertz CT molecular complexity index is 368. The van der Waals surface area contributed by atoms with Crippen molar-refractivity contribution in [2.75, 3.05) is 5.32 Å². The van der Waals surface area contributed by atoms with E-state index >= 15 is 0 Å². The van der Waals surface area contributed by atoms with E-state index in [1.54, 1.807) is 0 Å². The predicted molar refractivity (Wildman–Crippen MR) is 64.9 cm³/mol. The van der Waals surface area contributed by atoms with Gasteiger partial charge in [0.25, 0.3) is 0 Å². The third kappa shape index (κ3) is 3.19. The van der Waals surface area contributed by atoms with Crippen molar-refractivity contribution < 1.29 is 0 Å². The number of aromatic nitrogens is 3. The largest absolute Gasteiger partial charge is 0.365 e. The van der Waals surface area contributed by atoms with Crippen LogP contribution >= 0.6 is 23.2 Å². The van der Waals surface area contributed by atoms with Gasteiger partial charge in [0.15, 0.2) is 11.0 Å². The number of nitrogens with one attached hydrogen (secondary N) is 1. The van der Waals surface area contributed by atoms with Gasteiger partial charge in [-0.15, -0.1) is 10.2 Å². The molecule has 88 valence electrons. The lowest BCUT2D eigenvalue weighted by molar-refractivity contribution is 0.584. The van der Waals surface area contributed by atoms with Crippen LogP contribution < -0.4 is 5.32 Å². The molecule has 2 rings (SSSR count). The molecule has 4 nitrogen and oxygen atoms in total. The summed E-state index contributed by atoms with van der Waals surface area (Å²) >= 11 is 11.6. The van der Waals surface area contributed by atoms with E-state index in [0.29, 0.717) is 11.9 Å². The van der Waals surface area contributed by atoms with E-state index in [9.17, 15) is 0 Å². The number of rotatable bonds is 5. The van der Waals surface area contributed by atoms with Crippen LogP contribution in [-0.2, 0) is 0 Å². The molecule has 1 saturated carbocycles. The molecule has 1 N–H and O–H groups in total. The van der Waals surface area contributed by atoms with Gasteiger partial charge in [0.1, 0.15) is 0 Å². The first-order valence-corrected chi connectivity index (χ1v) is 6.27. The van der Waals surface area contributed by atoms with Crippen LogP contribution in [0, 0.1) is 5.92 Å². The van der Waals surface area contributed by atoms with Crippen molar-refractivity contribution in [3.63, 3.8) is 0 Å². The molecule has 0 amide bonds. The van der Waals surface area contributed by atoms with E-state index in [1.165, 1.54) is 12.8 Å². The summed E-state index contributed by atoms with van der Waals surface area (Å²) in [6, 6.07) is 0.387. The number of hydrogen-bond donors (Lipinski definition) is 1. The van der Waals surface area contributed by atoms with E-state index in [1.807, 2.05) is 0 Å². The van der Waals surface area contributed by atoms with Gasteiger partial charge in [-0.25, -0.2) is 0 Å². The van der Waals surface area contributed by atoms with Gasteiger partial charge in [0.05, 0.1) is 0 Å². The fraction of sp³-hybridized carbons (Fsp3) is 0.700. The van der Waals surface area contributed by atoms with Crippen LogP contribution in [0.25, 0.3) is 0 Å². The summed E-state index contributed by atoms with van der Waals surface area (Å²) in [5.41, 5.74) is 0. The minimum absolute atomic E-state index is 0.119. The summed E-state index contributed by atoms with van der Waals surface area (Å²) in [6.45, 7) is 2.14. The quantitative estimate of drug-likeness (QED) is 0.884.